The van der Waals surface area contributed by atoms with Gasteiger partial charge in [-0.1, -0.05) is 39.8 Å². The summed E-state index contributed by atoms with van der Waals surface area (Å²) in [5, 5.41) is 0. The molecule has 3 nitrogen and oxygen atoms in total. The third kappa shape index (κ3) is 5.56. The van der Waals surface area contributed by atoms with Gasteiger partial charge in [0, 0.05) is 19.5 Å². The Labute approximate surface area is 141 Å². The highest BCUT2D eigenvalue weighted by molar-refractivity contribution is 5.79. The molecule has 1 aliphatic rings. The van der Waals surface area contributed by atoms with E-state index in [-0.39, 0.29) is 5.91 Å². The van der Waals surface area contributed by atoms with Crippen LogP contribution in [0.15, 0.2) is 18.2 Å². The van der Waals surface area contributed by atoms with Gasteiger partial charge in [-0.05, 0) is 41.9 Å². The number of hydrogen-bond donors (Lipinski definition) is 0. The fourth-order valence-electron chi connectivity index (χ4n) is 2.83. The van der Waals surface area contributed by atoms with Gasteiger partial charge in [0.15, 0.2) is 0 Å². The average Bonchev–Trinajstić information content (AvgIpc) is 2.94. The molecule has 0 saturated heterocycles. The Hall–Kier alpha value is -1.51. The number of fused-ring (bicyclic) bond motifs is 1. The maximum Gasteiger partial charge on any atom is 0.226 e. The highest BCUT2D eigenvalue weighted by atomic mass is 16.5. The normalized spacial score (nSPS) is 13.3. The van der Waals surface area contributed by atoms with Crippen molar-refractivity contribution in [2.45, 2.75) is 53.4 Å². The summed E-state index contributed by atoms with van der Waals surface area (Å²) in [6, 6.07) is 6.19. The van der Waals surface area contributed by atoms with E-state index in [2.05, 4.69) is 38.7 Å². The van der Waals surface area contributed by atoms with Crippen LogP contribution in [-0.4, -0.2) is 30.5 Å². The fourth-order valence-corrected chi connectivity index (χ4v) is 2.83. The van der Waals surface area contributed by atoms with Gasteiger partial charge < -0.3 is 9.64 Å². The largest absolute Gasteiger partial charge is 0.493 e. The SMILES string of the molecule is CC(C)CCN(CCC(C)C)C(=O)Cc1ccc2c(c1)CCO2. The summed E-state index contributed by atoms with van der Waals surface area (Å²) >= 11 is 0. The zero-order chi connectivity index (χ0) is 16.8. The van der Waals surface area contributed by atoms with E-state index < -0.39 is 0 Å². The van der Waals surface area contributed by atoms with E-state index in [0.29, 0.717) is 18.3 Å². The van der Waals surface area contributed by atoms with Crippen LogP contribution in [0.5, 0.6) is 5.75 Å². The van der Waals surface area contributed by atoms with Crippen molar-refractivity contribution in [3.05, 3.63) is 29.3 Å². The molecule has 2 rings (SSSR count). The molecular weight excluding hydrogens is 286 g/mol. The molecule has 1 amide bonds. The molecule has 3 heteroatoms. The lowest BCUT2D eigenvalue weighted by Gasteiger charge is -2.24. The summed E-state index contributed by atoms with van der Waals surface area (Å²) in [4.78, 5) is 14.8. The summed E-state index contributed by atoms with van der Waals surface area (Å²) in [5.74, 6) is 2.49. The smallest absolute Gasteiger partial charge is 0.226 e. The van der Waals surface area contributed by atoms with Gasteiger partial charge in [0.25, 0.3) is 0 Å². The van der Waals surface area contributed by atoms with Crippen molar-refractivity contribution in [2.24, 2.45) is 11.8 Å². The van der Waals surface area contributed by atoms with Gasteiger partial charge in [-0.25, -0.2) is 0 Å². The van der Waals surface area contributed by atoms with Crippen LogP contribution in [0, 0.1) is 11.8 Å². The first-order valence-electron chi connectivity index (χ1n) is 8.98. The third-order valence-corrected chi connectivity index (χ3v) is 4.41. The third-order valence-electron chi connectivity index (χ3n) is 4.41. The van der Waals surface area contributed by atoms with Crippen LogP contribution in [0.4, 0.5) is 0 Å². The molecule has 0 bridgehead atoms. The molecule has 0 atom stereocenters. The van der Waals surface area contributed by atoms with Gasteiger partial charge in [-0.15, -0.1) is 0 Å². The lowest BCUT2D eigenvalue weighted by Crippen LogP contribution is -2.35. The zero-order valence-corrected chi connectivity index (χ0v) is 15.1. The number of hydrogen-bond acceptors (Lipinski definition) is 2. The first kappa shape index (κ1) is 17.8. The predicted octanol–water partition coefficient (Wildman–Crippen LogP) is 4.08. The molecule has 0 fully saturated rings. The summed E-state index contributed by atoms with van der Waals surface area (Å²) in [5.41, 5.74) is 2.35. The molecule has 23 heavy (non-hydrogen) atoms. The molecule has 0 unspecified atom stereocenters. The quantitative estimate of drug-likeness (QED) is 0.723. The Kier molecular flexibility index (Phi) is 6.49. The van der Waals surface area contributed by atoms with Crippen LogP contribution in [-0.2, 0) is 17.6 Å². The van der Waals surface area contributed by atoms with Crippen molar-refractivity contribution >= 4 is 5.91 Å². The predicted molar refractivity (Wildman–Crippen MR) is 94.8 cm³/mol. The number of carbonyl (C=O) groups is 1. The maximum absolute atomic E-state index is 12.7. The lowest BCUT2D eigenvalue weighted by molar-refractivity contribution is -0.130. The fraction of sp³-hybridized carbons (Fsp3) is 0.650. The van der Waals surface area contributed by atoms with Gasteiger partial charge in [0.1, 0.15) is 5.75 Å². The van der Waals surface area contributed by atoms with E-state index in [9.17, 15) is 4.79 Å². The van der Waals surface area contributed by atoms with E-state index in [1.165, 1.54) is 5.56 Å². The standard InChI is InChI=1S/C20H31NO2/c1-15(2)7-10-21(11-8-16(3)4)20(22)14-17-5-6-19-18(13-17)9-12-23-19/h5-6,13,15-16H,7-12,14H2,1-4H3. The summed E-state index contributed by atoms with van der Waals surface area (Å²) < 4.78 is 5.54. The topological polar surface area (TPSA) is 29.5 Å². The van der Waals surface area contributed by atoms with Crippen LogP contribution >= 0.6 is 0 Å². The second-order valence-electron chi connectivity index (χ2n) is 7.46. The van der Waals surface area contributed by atoms with Gasteiger partial charge in [-0.3, -0.25) is 4.79 Å². The van der Waals surface area contributed by atoms with Crippen LogP contribution in [0.3, 0.4) is 0 Å². The number of amides is 1. The van der Waals surface area contributed by atoms with Crippen LogP contribution in [0.2, 0.25) is 0 Å². The van der Waals surface area contributed by atoms with Crippen LogP contribution < -0.4 is 4.74 Å². The van der Waals surface area contributed by atoms with Crippen molar-refractivity contribution in [3.8, 4) is 5.75 Å². The number of benzene rings is 1. The second kappa shape index (κ2) is 8.37. The molecule has 1 aromatic rings. The van der Waals surface area contributed by atoms with E-state index in [1.807, 2.05) is 12.1 Å². The van der Waals surface area contributed by atoms with E-state index >= 15 is 0 Å². The van der Waals surface area contributed by atoms with Crippen molar-refractivity contribution in [1.29, 1.82) is 0 Å². The number of rotatable bonds is 8. The van der Waals surface area contributed by atoms with Crippen LogP contribution in [0.1, 0.15) is 51.7 Å². The minimum absolute atomic E-state index is 0.255. The molecule has 0 radical (unpaired) electrons. The van der Waals surface area contributed by atoms with Crippen molar-refractivity contribution in [2.75, 3.05) is 19.7 Å². The van der Waals surface area contributed by atoms with E-state index in [1.54, 1.807) is 0 Å². The molecule has 0 N–H and O–H groups in total. The van der Waals surface area contributed by atoms with E-state index in [4.69, 9.17) is 4.74 Å². The minimum Gasteiger partial charge on any atom is -0.493 e. The monoisotopic (exact) mass is 317 g/mol. The highest BCUT2D eigenvalue weighted by Gasteiger charge is 2.17. The Morgan fingerprint density at radius 1 is 1.13 bits per heavy atom. The molecule has 0 aliphatic carbocycles. The summed E-state index contributed by atoms with van der Waals surface area (Å²) in [6.45, 7) is 11.4. The van der Waals surface area contributed by atoms with Crippen molar-refractivity contribution in [3.63, 3.8) is 0 Å². The Morgan fingerprint density at radius 3 is 2.39 bits per heavy atom. The number of carbonyl (C=O) groups excluding carboxylic acids is 1. The molecule has 1 aliphatic heterocycles. The first-order chi connectivity index (χ1) is 11.0. The number of nitrogens with zero attached hydrogens (tertiary/aromatic N) is 1. The Bertz CT molecular complexity index is 510. The summed E-state index contributed by atoms with van der Waals surface area (Å²) in [7, 11) is 0. The molecule has 128 valence electrons. The van der Waals surface area contributed by atoms with Gasteiger partial charge >= 0.3 is 0 Å². The molecular formula is C20H31NO2. The van der Waals surface area contributed by atoms with Crippen molar-refractivity contribution < 1.29 is 9.53 Å². The highest BCUT2D eigenvalue weighted by Crippen LogP contribution is 2.26. The van der Waals surface area contributed by atoms with Crippen LogP contribution in [0.25, 0.3) is 0 Å². The maximum atomic E-state index is 12.7. The zero-order valence-electron chi connectivity index (χ0n) is 15.1. The minimum atomic E-state index is 0.255. The average molecular weight is 317 g/mol. The van der Waals surface area contributed by atoms with E-state index in [0.717, 1.165) is 50.3 Å². The lowest BCUT2D eigenvalue weighted by atomic mass is 10.0. The van der Waals surface area contributed by atoms with Crippen molar-refractivity contribution in [1.82, 2.24) is 4.90 Å². The molecule has 0 saturated carbocycles. The summed E-state index contributed by atoms with van der Waals surface area (Å²) in [6.07, 6.45) is 3.61. The first-order valence-corrected chi connectivity index (χ1v) is 8.98. The number of ether oxygens (including phenoxy) is 1. The van der Waals surface area contributed by atoms with Gasteiger partial charge in [-0.2, -0.15) is 0 Å². The molecule has 0 spiro atoms. The molecule has 0 aromatic heterocycles. The van der Waals surface area contributed by atoms with Gasteiger partial charge in [0.2, 0.25) is 5.91 Å². The van der Waals surface area contributed by atoms with Gasteiger partial charge in [0.05, 0.1) is 13.0 Å². The Balaban J connectivity index is 1.97. The molecule has 1 heterocycles. The molecule has 1 aromatic carbocycles. The Morgan fingerprint density at radius 2 is 1.78 bits per heavy atom. The second-order valence-corrected chi connectivity index (χ2v) is 7.46.